The third-order valence-corrected chi connectivity index (χ3v) is 4.45. The summed E-state index contributed by atoms with van der Waals surface area (Å²) >= 11 is 7.12. The second-order valence-corrected chi connectivity index (χ2v) is 7.04. The Labute approximate surface area is 132 Å². The molecule has 0 saturated heterocycles. The zero-order valence-electron chi connectivity index (χ0n) is 11.5. The van der Waals surface area contributed by atoms with Gasteiger partial charge in [0.1, 0.15) is 5.75 Å². The first kappa shape index (κ1) is 15.3. The molecule has 1 N–H and O–H groups in total. The first-order valence-corrected chi connectivity index (χ1v) is 8.52. The summed E-state index contributed by atoms with van der Waals surface area (Å²) in [5.74, 6) is 1.92. The monoisotopic (exact) mass is 389 g/mol. The zero-order valence-corrected chi connectivity index (χ0v) is 14.7. The van der Waals surface area contributed by atoms with Gasteiger partial charge in [0.25, 0.3) is 0 Å². The Bertz CT molecular complexity index is 432. The van der Waals surface area contributed by atoms with Gasteiger partial charge in [0.05, 0.1) is 11.1 Å². The minimum absolute atomic E-state index is 0.569. The minimum Gasteiger partial charge on any atom is -0.492 e. The van der Waals surface area contributed by atoms with Crippen LogP contribution in [0.15, 0.2) is 21.1 Å². The SMILES string of the molecule is CCOc1c(Br)cc(Br)cc1CNC(C)CC1CC1. The predicted molar refractivity (Wildman–Crippen MR) is 86.7 cm³/mol. The van der Waals surface area contributed by atoms with E-state index in [4.69, 9.17) is 4.74 Å². The summed E-state index contributed by atoms with van der Waals surface area (Å²) in [4.78, 5) is 0. The van der Waals surface area contributed by atoms with Gasteiger partial charge in [-0.1, -0.05) is 28.8 Å². The van der Waals surface area contributed by atoms with Crippen molar-refractivity contribution in [3.8, 4) is 5.75 Å². The van der Waals surface area contributed by atoms with E-state index >= 15 is 0 Å². The molecule has 1 atom stereocenters. The van der Waals surface area contributed by atoms with Crippen LogP contribution in [0.1, 0.15) is 38.7 Å². The standard InChI is InChI=1S/C15H21Br2NO/c1-3-19-15-12(7-13(16)8-14(15)17)9-18-10(2)6-11-4-5-11/h7-8,10-11,18H,3-6,9H2,1-2H3. The molecule has 1 aromatic rings. The van der Waals surface area contributed by atoms with Gasteiger partial charge in [-0.2, -0.15) is 0 Å². The highest BCUT2D eigenvalue weighted by atomic mass is 79.9. The molecule has 0 bridgehead atoms. The van der Waals surface area contributed by atoms with Gasteiger partial charge in [-0.05, 0) is 54.2 Å². The summed E-state index contributed by atoms with van der Waals surface area (Å²) in [6, 6.07) is 4.73. The largest absolute Gasteiger partial charge is 0.492 e. The molecule has 0 radical (unpaired) electrons. The third-order valence-electron chi connectivity index (χ3n) is 3.40. The van der Waals surface area contributed by atoms with E-state index in [0.717, 1.165) is 27.2 Å². The molecule has 106 valence electrons. The van der Waals surface area contributed by atoms with Crippen LogP contribution in [0.5, 0.6) is 5.75 Å². The summed E-state index contributed by atoms with van der Waals surface area (Å²) in [7, 11) is 0. The number of benzene rings is 1. The summed E-state index contributed by atoms with van der Waals surface area (Å²) in [5.41, 5.74) is 1.20. The molecule has 0 aromatic heterocycles. The summed E-state index contributed by atoms with van der Waals surface area (Å²) in [6.45, 7) is 5.82. The Morgan fingerprint density at radius 3 is 2.74 bits per heavy atom. The van der Waals surface area contributed by atoms with Gasteiger partial charge in [0.15, 0.2) is 0 Å². The highest BCUT2D eigenvalue weighted by Gasteiger charge is 2.23. The molecule has 0 heterocycles. The molecule has 1 saturated carbocycles. The number of rotatable bonds is 7. The lowest BCUT2D eigenvalue weighted by Gasteiger charge is -2.17. The molecular weight excluding hydrogens is 370 g/mol. The maximum absolute atomic E-state index is 5.74. The topological polar surface area (TPSA) is 21.3 Å². The number of ether oxygens (including phenoxy) is 1. The fourth-order valence-corrected chi connectivity index (χ4v) is 3.70. The number of nitrogens with one attached hydrogen (secondary N) is 1. The molecule has 1 aliphatic carbocycles. The van der Waals surface area contributed by atoms with Gasteiger partial charge in [-0.15, -0.1) is 0 Å². The first-order valence-electron chi connectivity index (χ1n) is 6.94. The molecule has 2 rings (SSSR count). The second-order valence-electron chi connectivity index (χ2n) is 5.27. The van der Waals surface area contributed by atoms with E-state index in [1.165, 1.54) is 24.8 Å². The van der Waals surface area contributed by atoms with Gasteiger partial charge in [-0.3, -0.25) is 0 Å². The highest BCUT2D eigenvalue weighted by molar-refractivity contribution is 9.11. The Hall–Kier alpha value is -0.0600. The van der Waals surface area contributed by atoms with E-state index in [0.29, 0.717) is 12.6 Å². The predicted octanol–water partition coefficient (Wildman–Crippen LogP) is 4.89. The van der Waals surface area contributed by atoms with Crippen molar-refractivity contribution >= 4 is 31.9 Å². The van der Waals surface area contributed by atoms with Crippen LogP contribution in [0.4, 0.5) is 0 Å². The van der Waals surface area contributed by atoms with Gasteiger partial charge in [0.2, 0.25) is 0 Å². The maximum atomic E-state index is 5.74. The van der Waals surface area contributed by atoms with Crippen molar-refractivity contribution in [1.29, 1.82) is 0 Å². The van der Waals surface area contributed by atoms with E-state index in [1.807, 2.05) is 13.0 Å². The minimum atomic E-state index is 0.569. The van der Waals surface area contributed by atoms with E-state index in [2.05, 4.69) is 50.2 Å². The second kappa shape index (κ2) is 7.09. The summed E-state index contributed by atoms with van der Waals surface area (Å²) in [6.07, 6.45) is 4.12. The number of hydrogen-bond donors (Lipinski definition) is 1. The first-order chi connectivity index (χ1) is 9.10. The fourth-order valence-electron chi connectivity index (χ4n) is 2.27. The van der Waals surface area contributed by atoms with E-state index < -0.39 is 0 Å². The van der Waals surface area contributed by atoms with Crippen molar-refractivity contribution in [2.24, 2.45) is 5.92 Å². The van der Waals surface area contributed by atoms with Crippen LogP contribution in [0, 0.1) is 5.92 Å². The lowest BCUT2D eigenvalue weighted by molar-refractivity contribution is 0.332. The van der Waals surface area contributed by atoms with Crippen molar-refractivity contribution in [2.45, 2.75) is 45.7 Å². The number of halogens is 2. The van der Waals surface area contributed by atoms with Gasteiger partial charge in [0, 0.05) is 22.6 Å². The molecule has 19 heavy (non-hydrogen) atoms. The normalized spacial score (nSPS) is 16.4. The molecule has 1 unspecified atom stereocenters. The molecule has 1 aliphatic rings. The average Bonchev–Trinajstić information content (AvgIpc) is 3.14. The Morgan fingerprint density at radius 1 is 1.37 bits per heavy atom. The van der Waals surface area contributed by atoms with Crippen molar-refractivity contribution in [2.75, 3.05) is 6.61 Å². The fraction of sp³-hybridized carbons (Fsp3) is 0.600. The van der Waals surface area contributed by atoms with Gasteiger partial charge in [-0.25, -0.2) is 0 Å². The van der Waals surface area contributed by atoms with E-state index in [1.54, 1.807) is 0 Å². The Morgan fingerprint density at radius 2 is 2.11 bits per heavy atom. The Balaban J connectivity index is 2.00. The van der Waals surface area contributed by atoms with E-state index in [9.17, 15) is 0 Å². The van der Waals surface area contributed by atoms with E-state index in [-0.39, 0.29) is 0 Å². The smallest absolute Gasteiger partial charge is 0.138 e. The molecule has 0 spiro atoms. The lowest BCUT2D eigenvalue weighted by atomic mass is 10.1. The highest BCUT2D eigenvalue weighted by Crippen LogP contribution is 2.35. The van der Waals surface area contributed by atoms with Crippen LogP contribution in [-0.2, 0) is 6.54 Å². The molecule has 0 aliphatic heterocycles. The van der Waals surface area contributed by atoms with Crippen LogP contribution >= 0.6 is 31.9 Å². The summed E-state index contributed by atoms with van der Waals surface area (Å²) < 4.78 is 7.83. The van der Waals surface area contributed by atoms with Crippen LogP contribution in [0.3, 0.4) is 0 Å². The van der Waals surface area contributed by atoms with Gasteiger partial charge >= 0.3 is 0 Å². The quantitative estimate of drug-likeness (QED) is 0.715. The van der Waals surface area contributed by atoms with Crippen molar-refractivity contribution in [1.82, 2.24) is 5.32 Å². The van der Waals surface area contributed by atoms with Crippen LogP contribution in [0.2, 0.25) is 0 Å². The molecule has 0 amide bonds. The zero-order chi connectivity index (χ0) is 13.8. The molecule has 4 heteroatoms. The van der Waals surface area contributed by atoms with Crippen molar-refractivity contribution in [3.05, 3.63) is 26.6 Å². The maximum Gasteiger partial charge on any atom is 0.138 e. The third kappa shape index (κ3) is 4.76. The van der Waals surface area contributed by atoms with Crippen LogP contribution in [-0.4, -0.2) is 12.6 Å². The molecule has 2 nitrogen and oxygen atoms in total. The lowest BCUT2D eigenvalue weighted by Crippen LogP contribution is -2.26. The Kier molecular flexibility index (Phi) is 5.72. The van der Waals surface area contributed by atoms with Crippen LogP contribution < -0.4 is 10.1 Å². The number of hydrogen-bond acceptors (Lipinski definition) is 2. The molecule has 1 aromatic carbocycles. The average molecular weight is 391 g/mol. The van der Waals surface area contributed by atoms with Crippen LogP contribution in [0.25, 0.3) is 0 Å². The van der Waals surface area contributed by atoms with Crippen molar-refractivity contribution in [3.63, 3.8) is 0 Å². The molecular formula is C15H21Br2NO. The summed E-state index contributed by atoms with van der Waals surface area (Å²) in [5, 5.41) is 3.60. The van der Waals surface area contributed by atoms with Crippen molar-refractivity contribution < 1.29 is 4.74 Å². The van der Waals surface area contributed by atoms with Gasteiger partial charge < -0.3 is 10.1 Å². The molecule has 1 fully saturated rings.